The molecule has 2 rings (SSSR count). The van der Waals surface area contributed by atoms with E-state index in [0.29, 0.717) is 0 Å². The first-order valence-electron chi connectivity index (χ1n) is 4.47. The molecule has 0 aromatic carbocycles. The Kier molecular flexibility index (Phi) is 2.15. The minimum atomic E-state index is 0.0224. The van der Waals surface area contributed by atoms with Crippen molar-refractivity contribution in [1.82, 2.24) is 15.0 Å². The van der Waals surface area contributed by atoms with Gasteiger partial charge in [0.05, 0.1) is 6.07 Å². The summed E-state index contributed by atoms with van der Waals surface area (Å²) >= 11 is 0. The largest absolute Gasteiger partial charge is 0.346 e. The Morgan fingerprint density at radius 1 is 1.64 bits per heavy atom. The molecule has 0 radical (unpaired) electrons. The molecule has 2 aromatic heterocycles. The molecule has 1 N–H and O–H groups in total. The number of H-pyrrole nitrogens is 1. The lowest BCUT2D eigenvalue weighted by atomic mass is 10.0. The third kappa shape index (κ3) is 1.44. The van der Waals surface area contributed by atoms with Crippen LogP contribution in [0.5, 0.6) is 0 Å². The highest BCUT2D eigenvalue weighted by Gasteiger charge is 2.07. The Hall–Kier alpha value is -1.89. The normalized spacial score (nSPS) is 12.6. The molecule has 14 heavy (non-hydrogen) atoms. The van der Waals surface area contributed by atoms with Crippen LogP contribution in [0.15, 0.2) is 18.7 Å². The molecule has 1 unspecified atom stereocenters. The lowest BCUT2D eigenvalue weighted by Crippen LogP contribution is -1.94. The fourth-order valence-electron chi connectivity index (χ4n) is 1.46. The molecular weight excluding hydrogens is 176 g/mol. The Bertz CT molecular complexity index is 480. The molecule has 1 atom stereocenters. The number of hydrogen-bond acceptors (Lipinski definition) is 3. The van der Waals surface area contributed by atoms with E-state index in [1.807, 2.05) is 13.1 Å². The standard InChI is InChI=1S/C10H10N4/c1-7(3-11)2-8-4-13-10-9(8)5-12-6-14-10/h4-7H,2H2,1H3,(H,12,13,14). The molecular formula is C10H10N4. The number of aromatic amines is 1. The summed E-state index contributed by atoms with van der Waals surface area (Å²) in [7, 11) is 0. The summed E-state index contributed by atoms with van der Waals surface area (Å²) in [6.07, 6.45) is 5.92. The molecule has 2 aromatic rings. The van der Waals surface area contributed by atoms with Crippen molar-refractivity contribution >= 4 is 11.0 Å². The SMILES string of the molecule is CC(C#N)Cc1c[nH]c2ncncc12. The summed E-state index contributed by atoms with van der Waals surface area (Å²) in [5.74, 6) is 0.0224. The highest BCUT2D eigenvalue weighted by Crippen LogP contribution is 2.17. The van der Waals surface area contributed by atoms with Gasteiger partial charge in [0.25, 0.3) is 0 Å². The van der Waals surface area contributed by atoms with Crippen molar-refractivity contribution in [2.45, 2.75) is 13.3 Å². The van der Waals surface area contributed by atoms with E-state index >= 15 is 0 Å². The van der Waals surface area contributed by atoms with E-state index in [4.69, 9.17) is 5.26 Å². The molecule has 4 heteroatoms. The van der Waals surface area contributed by atoms with Crippen molar-refractivity contribution in [3.8, 4) is 6.07 Å². The van der Waals surface area contributed by atoms with Gasteiger partial charge < -0.3 is 4.98 Å². The lowest BCUT2D eigenvalue weighted by molar-refractivity contribution is 0.742. The van der Waals surface area contributed by atoms with E-state index in [9.17, 15) is 0 Å². The van der Waals surface area contributed by atoms with Crippen LogP contribution in [0.1, 0.15) is 12.5 Å². The van der Waals surface area contributed by atoms with Crippen LogP contribution in [-0.4, -0.2) is 15.0 Å². The number of nitrogens with zero attached hydrogens (tertiary/aromatic N) is 3. The van der Waals surface area contributed by atoms with E-state index in [2.05, 4.69) is 21.0 Å². The smallest absolute Gasteiger partial charge is 0.140 e. The monoisotopic (exact) mass is 186 g/mol. The van der Waals surface area contributed by atoms with Crippen LogP contribution < -0.4 is 0 Å². The molecule has 0 spiro atoms. The van der Waals surface area contributed by atoms with E-state index < -0.39 is 0 Å². The van der Waals surface area contributed by atoms with Crippen LogP contribution >= 0.6 is 0 Å². The molecule has 2 heterocycles. The van der Waals surface area contributed by atoms with Crippen molar-refractivity contribution in [3.63, 3.8) is 0 Å². The van der Waals surface area contributed by atoms with Gasteiger partial charge in [-0.1, -0.05) is 0 Å². The van der Waals surface area contributed by atoms with Crippen LogP contribution in [0.25, 0.3) is 11.0 Å². The topological polar surface area (TPSA) is 65.4 Å². The number of fused-ring (bicyclic) bond motifs is 1. The first-order valence-corrected chi connectivity index (χ1v) is 4.47. The summed E-state index contributed by atoms with van der Waals surface area (Å²) in [5, 5.41) is 9.72. The molecule has 4 nitrogen and oxygen atoms in total. The Morgan fingerprint density at radius 2 is 2.50 bits per heavy atom. The molecule has 0 aliphatic heterocycles. The van der Waals surface area contributed by atoms with Crippen molar-refractivity contribution in [1.29, 1.82) is 5.26 Å². The van der Waals surface area contributed by atoms with Gasteiger partial charge in [0.1, 0.15) is 12.0 Å². The summed E-state index contributed by atoms with van der Waals surface area (Å²) in [4.78, 5) is 11.1. The predicted molar refractivity (Wildman–Crippen MR) is 52.4 cm³/mol. The number of aromatic nitrogens is 3. The first-order chi connectivity index (χ1) is 6.81. The molecule has 0 bridgehead atoms. The molecule has 0 aliphatic rings. The first kappa shape index (κ1) is 8.70. The van der Waals surface area contributed by atoms with E-state index in [-0.39, 0.29) is 5.92 Å². The predicted octanol–water partition coefficient (Wildman–Crippen LogP) is 1.66. The van der Waals surface area contributed by atoms with Crippen LogP contribution in [0.4, 0.5) is 0 Å². The second-order valence-electron chi connectivity index (χ2n) is 3.33. The molecule has 0 aliphatic carbocycles. The summed E-state index contributed by atoms with van der Waals surface area (Å²) < 4.78 is 0. The quantitative estimate of drug-likeness (QED) is 0.775. The second-order valence-corrected chi connectivity index (χ2v) is 3.33. The van der Waals surface area contributed by atoms with Crippen LogP contribution in [-0.2, 0) is 6.42 Å². The third-order valence-corrected chi connectivity index (χ3v) is 2.19. The lowest BCUT2D eigenvalue weighted by Gasteiger charge is -1.99. The zero-order chi connectivity index (χ0) is 9.97. The number of rotatable bonds is 2. The Balaban J connectivity index is 2.39. The molecule has 0 saturated heterocycles. The third-order valence-electron chi connectivity index (χ3n) is 2.19. The van der Waals surface area contributed by atoms with Gasteiger partial charge in [-0.3, -0.25) is 0 Å². The van der Waals surface area contributed by atoms with Gasteiger partial charge in [-0.25, -0.2) is 9.97 Å². The van der Waals surface area contributed by atoms with Gasteiger partial charge in [0, 0.05) is 23.7 Å². The number of nitrogens with one attached hydrogen (secondary N) is 1. The minimum absolute atomic E-state index is 0.0224. The maximum atomic E-state index is 8.71. The fourth-order valence-corrected chi connectivity index (χ4v) is 1.46. The van der Waals surface area contributed by atoms with Crippen LogP contribution in [0.2, 0.25) is 0 Å². The highest BCUT2D eigenvalue weighted by molar-refractivity contribution is 5.78. The fraction of sp³-hybridized carbons (Fsp3) is 0.300. The van der Waals surface area contributed by atoms with Crippen LogP contribution in [0, 0.1) is 17.2 Å². The van der Waals surface area contributed by atoms with Gasteiger partial charge in [-0.2, -0.15) is 5.26 Å². The number of nitriles is 1. The summed E-state index contributed by atoms with van der Waals surface area (Å²) in [6.45, 7) is 1.91. The van der Waals surface area contributed by atoms with Gasteiger partial charge in [0.15, 0.2) is 0 Å². The summed E-state index contributed by atoms with van der Waals surface area (Å²) in [6, 6.07) is 2.21. The zero-order valence-electron chi connectivity index (χ0n) is 7.86. The van der Waals surface area contributed by atoms with E-state index in [1.54, 1.807) is 6.20 Å². The van der Waals surface area contributed by atoms with Gasteiger partial charge in [-0.05, 0) is 18.9 Å². The van der Waals surface area contributed by atoms with Crippen molar-refractivity contribution < 1.29 is 0 Å². The molecule has 0 amide bonds. The zero-order valence-corrected chi connectivity index (χ0v) is 7.86. The highest BCUT2D eigenvalue weighted by atomic mass is 14.9. The van der Waals surface area contributed by atoms with E-state index in [0.717, 1.165) is 23.0 Å². The van der Waals surface area contributed by atoms with Crippen molar-refractivity contribution in [2.24, 2.45) is 5.92 Å². The average Bonchev–Trinajstić information content (AvgIpc) is 2.62. The maximum absolute atomic E-state index is 8.71. The van der Waals surface area contributed by atoms with Gasteiger partial charge in [0.2, 0.25) is 0 Å². The van der Waals surface area contributed by atoms with Crippen molar-refractivity contribution in [3.05, 3.63) is 24.3 Å². The molecule has 0 saturated carbocycles. The minimum Gasteiger partial charge on any atom is -0.346 e. The van der Waals surface area contributed by atoms with Gasteiger partial charge >= 0.3 is 0 Å². The van der Waals surface area contributed by atoms with E-state index in [1.165, 1.54) is 6.33 Å². The maximum Gasteiger partial charge on any atom is 0.140 e. The second kappa shape index (κ2) is 3.46. The van der Waals surface area contributed by atoms with Crippen LogP contribution in [0.3, 0.4) is 0 Å². The van der Waals surface area contributed by atoms with Crippen molar-refractivity contribution in [2.75, 3.05) is 0 Å². The van der Waals surface area contributed by atoms with Gasteiger partial charge in [-0.15, -0.1) is 0 Å². The average molecular weight is 186 g/mol. The number of hydrogen-bond donors (Lipinski definition) is 1. The molecule has 0 fully saturated rings. The Morgan fingerprint density at radius 3 is 3.29 bits per heavy atom. The Labute approximate surface area is 81.6 Å². The molecule has 70 valence electrons. The summed E-state index contributed by atoms with van der Waals surface area (Å²) in [5.41, 5.74) is 1.94.